The van der Waals surface area contributed by atoms with E-state index in [-0.39, 0.29) is 0 Å². The smallest absolute Gasteiger partial charge is 0.181 e. The van der Waals surface area contributed by atoms with E-state index in [1.165, 1.54) is 0 Å². The largest absolute Gasteiger partial charge is 0.356 e. The number of rotatable bonds is 6. The lowest BCUT2D eigenvalue weighted by Gasteiger charge is -2.35. The van der Waals surface area contributed by atoms with Crippen LogP contribution in [0.1, 0.15) is 0 Å². The number of H-pyrrole nitrogens is 2. The SMILES string of the molecule is C=C(Nc1cncc(-c2cnc3n[nH]c(-c4cc5c(-c6cccc(Cl)c6)cccc5[nH]4)c3c2)c1)N1CCN(C)CC1. The first kappa shape index (κ1) is 25.3. The maximum atomic E-state index is 6.29. The molecule has 3 N–H and O–H groups in total. The Kier molecular flexibility index (Phi) is 6.41. The number of fused-ring (bicyclic) bond motifs is 2. The minimum absolute atomic E-state index is 0.656. The zero-order chi connectivity index (χ0) is 27.9. The Morgan fingerprint density at radius 1 is 0.902 bits per heavy atom. The first-order valence-corrected chi connectivity index (χ1v) is 14.0. The van der Waals surface area contributed by atoms with E-state index in [2.05, 4.69) is 96.4 Å². The van der Waals surface area contributed by atoms with Gasteiger partial charge in [0.25, 0.3) is 0 Å². The van der Waals surface area contributed by atoms with Gasteiger partial charge >= 0.3 is 0 Å². The van der Waals surface area contributed by atoms with Gasteiger partial charge in [-0.3, -0.25) is 10.1 Å². The van der Waals surface area contributed by atoms with Crippen LogP contribution in [0.4, 0.5) is 5.69 Å². The van der Waals surface area contributed by atoms with Gasteiger partial charge in [-0.15, -0.1) is 0 Å². The third-order valence-electron chi connectivity index (χ3n) is 7.72. The van der Waals surface area contributed by atoms with E-state index >= 15 is 0 Å². The molecule has 204 valence electrons. The third kappa shape index (κ3) is 4.92. The average Bonchev–Trinajstić information content (AvgIpc) is 3.61. The number of aromatic nitrogens is 5. The highest BCUT2D eigenvalue weighted by atomic mass is 35.5. The number of nitrogens with zero attached hydrogens (tertiary/aromatic N) is 5. The van der Waals surface area contributed by atoms with Crippen LogP contribution in [0.2, 0.25) is 5.02 Å². The number of hydrogen-bond acceptors (Lipinski definition) is 6. The highest BCUT2D eigenvalue weighted by Gasteiger charge is 2.17. The Morgan fingerprint density at radius 3 is 2.59 bits per heavy atom. The second-order valence-electron chi connectivity index (χ2n) is 10.5. The van der Waals surface area contributed by atoms with Crippen molar-refractivity contribution >= 4 is 39.2 Å². The van der Waals surface area contributed by atoms with E-state index in [0.717, 1.165) is 87.6 Å². The number of aromatic amines is 2. The van der Waals surface area contributed by atoms with Crippen molar-refractivity contribution in [3.05, 3.63) is 96.7 Å². The fourth-order valence-electron chi connectivity index (χ4n) is 5.45. The van der Waals surface area contributed by atoms with Crippen molar-refractivity contribution < 1.29 is 0 Å². The van der Waals surface area contributed by atoms with Crippen molar-refractivity contribution in [2.24, 2.45) is 0 Å². The summed E-state index contributed by atoms with van der Waals surface area (Å²) in [6.45, 7) is 8.21. The summed E-state index contributed by atoms with van der Waals surface area (Å²) in [4.78, 5) is 17.3. The van der Waals surface area contributed by atoms with Gasteiger partial charge in [0.1, 0.15) is 0 Å². The summed E-state index contributed by atoms with van der Waals surface area (Å²) in [7, 11) is 2.15. The monoisotopic (exact) mass is 560 g/mol. The molecule has 0 spiro atoms. The van der Waals surface area contributed by atoms with Crippen LogP contribution in [0.5, 0.6) is 0 Å². The van der Waals surface area contributed by atoms with Gasteiger partial charge in [0, 0.05) is 71.0 Å². The molecular formula is C32H29ClN8. The Bertz CT molecular complexity index is 1900. The molecule has 1 aliphatic rings. The van der Waals surface area contributed by atoms with Gasteiger partial charge in [-0.2, -0.15) is 5.10 Å². The number of piperazine rings is 1. The Hall–Kier alpha value is -4.66. The first-order valence-electron chi connectivity index (χ1n) is 13.6. The third-order valence-corrected chi connectivity index (χ3v) is 7.96. The van der Waals surface area contributed by atoms with Gasteiger partial charge in [0.15, 0.2) is 5.65 Å². The van der Waals surface area contributed by atoms with E-state index in [1.54, 1.807) is 0 Å². The van der Waals surface area contributed by atoms with Crippen LogP contribution in [-0.4, -0.2) is 68.2 Å². The summed E-state index contributed by atoms with van der Waals surface area (Å²) < 4.78 is 0. The molecule has 0 saturated carbocycles. The second-order valence-corrected chi connectivity index (χ2v) is 10.9. The first-order chi connectivity index (χ1) is 20.0. The van der Waals surface area contributed by atoms with Crippen LogP contribution < -0.4 is 5.32 Å². The molecule has 6 aromatic rings. The summed E-state index contributed by atoms with van der Waals surface area (Å²) in [5, 5.41) is 13.9. The molecule has 4 aromatic heterocycles. The highest BCUT2D eigenvalue weighted by Crippen LogP contribution is 2.35. The van der Waals surface area contributed by atoms with Crippen molar-refractivity contribution in [1.82, 2.24) is 34.9 Å². The number of nitrogens with one attached hydrogen (secondary N) is 3. The lowest BCUT2D eigenvalue weighted by molar-refractivity contribution is 0.188. The van der Waals surface area contributed by atoms with E-state index in [0.29, 0.717) is 10.7 Å². The molecule has 0 bridgehead atoms. The predicted octanol–water partition coefficient (Wildman–Crippen LogP) is 6.62. The summed E-state index contributed by atoms with van der Waals surface area (Å²) in [6.07, 6.45) is 5.51. The van der Waals surface area contributed by atoms with Crippen LogP contribution >= 0.6 is 11.6 Å². The van der Waals surface area contributed by atoms with Crippen LogP contribution in [0.15, 0.2) is 91.7 Å². The van der Waals surface area contributed by atoms with Crippen LogP contribution in [0.3, 0.4) is 0 Å². The molecule has 0 radical (unpaired) electrons. The summed E-state index contributed by atoms with van der Waals surface area (Å²) >= 11 is 6.29. The molecule has 0 amide bonds. The number of hydrogen-bond donors (Lipinski definition) is 3. The fourth-order valence-corrected chi connectivity index (χ4v) is 5.64. The van der Waals surface area contributed by atoms with E-state index < -0.39 is 0 Å². The number of likely N-dealkylation sites (N-methyl/N-ethyl adjacent to an activating group) is 1. The highest BCUT2D eigenvalue weighted by molar-refractivity contribution is 6.30. The molecule has 41 heavy (non-hydrogen) atoms. The van der Waals surface area contributed by atoms with E-state index in [9.17, 15) is 0 Å². The maximum absolute atomic E-state index is 6.29. The quantitative estimate of drug-likeness (QED) is 0.212. The van der Waals surface area contributed by atoms with Gasteiger partial charge in [-0.1, -0.05) is 42.4 Å². The molecule has 1 aliphatic heterocycles. The predicted molar refractivity (Wildman–Crippen MR) is 167 cm³/mol. The minimum atomic E-state index is 0.656. The molecule has 9 heteroatoms. The topological polar surface area (TPSA) is 88.8 Å². The van der Waals surface area contributed by atoms with Crippen molar-refractivity contribution in [1.29, 1.82) is 0 Å². The Balaban J connectivity index is 1.21. The summed E-state index contributed by atoms with van der Waals surface area (Å²) in [6, 6.07) is 20.5. The van der Waals surface area contributed by atoms with E-state index in [1.807, 2.05) is 36.8 Å². The molecule has 0 atom stereocenters. The minimum Gasteiger partial charge on any atom is -0.356 e. The van der Waals surface area contributed by atoms with Gasteiger partial charge in [-0.05, 0) is 54.6 Å². The van der Waals surface area contributed by atoms with Crippen molar-refractivity contribution in [3.63, 3.8) is 0 Å². The molecule has 8 nitrogen and oxygen atoms in total. The van der Waals surface area contributed by atoms with Gasteiger partial charge < -0.3 is 20.1 Å². The van der Waals surface area contributed by atoms with Gasteiger partial charge in [-0.25, -0.2) is 4.98 Å². The zero-order valence-corrected chi connectivity index (χ0v) is 23.4. The molecule has 5 heterocycles. The molecule has 0 aliphatic carbocycles. The van der Waals surface area contributed by atoms with Crippen LogP contribution in [-0.2, 0) is 0 Å². The molecule has 1 saturated heterocycles. The maximum Gasteiger partial charge on any atom is 0.181 e. The lowest BCUT2D eigenvalue weighted by atomic mass is 10.0. The lowest BCUT2D eigenvalue weighted by Crippen LogP contribution is -2.44. The number of anilines is 1. The fraction of sp³-hybridized carbons (Fsp3) is 0.156. The average molecular weight is 561 g/mol. The summed E-state index contributed by atoms with van der Waals surface area (Å²) in [5.41, 5.74) is 8.51. The number of pyridine rings is 2. The second kappa shape index (κ2) is 10.4. The number of halogens is 1. The Labute approximate surface area is 242 Å². The zero-order valence-electron chi connectivity index (χ0n) is 22.7. The molecule has 7 rings (SSSR count). The number of benzene rings is 2. The summed E-state index contributed by atoms with van der Waals surface area (Å²) in [5.74, 6) is 0.888. The molecule has 0 unspecified atom stereocenters. The van der Waals surface area contributed by atoms with E-state index in [4.69, 9.17) is 11.6 Å². The molecule has 2 aromatic carbocycles. The van der Waals surface area contributed by atoms with Crippen molar-refractivity contribution in [3.8, 4) is 33.6 Å². The van der Waals surface area contributed by atoms with Crippen molar-refractivity contribution in [2.75, 3.05) is 38.5 Å². The van der Waals surface area contributed by atoms with Crippen LogP contribution in [0, 0.1) is 0 Å². The Morgan fingerprint density at radius 2 is 1.73 bits per heavy atom. The standard InChI is InChI=1S/C32H29ClN8/c1-20(41-11-9-40(2)10-12-41)36-25-14-22(17-34-19-25)23-15-28-31(38-39-32(28)35-18-23)30-16-27-26(7-4-8-29(27)37-30)21-5-3-6-24(33)13-21/h3-8,13-19,36-37H,1,9-12H2,2H3,(H,35,38,39). The van der Waals surface area contributed by atoms with Crippen LogP contribution in [0.25, 0.3) is 55.6 Å². The molecular weight excluding hydrogens is 532 g/mol. The van der Waals surface area contributed by atoms with Gasteiger partial charge in [0.05, 0.1) is 29.1 Å². The normalized spacial score (nSPS) is 14.1. The van der Waals surface area contributed by atoms with Crippen molar-refractivity contribution in [2.45, 2.75) is 0 Å². The van der Waals surface area contributed by atoms with Gasteiger partial charge in [0.2, 0.25) is 0 Å². The molecule has 1 fully saturated rings.